The van der Waals surface area contributed by atoms with E-state index in [1.807, 2.05) is 0 Å². The van der Waals surface area contributed by atoms with E-state index in [-0.39, 0.29) is 5.91 Å². The summed E-state index contributed by atoms with van der Waals surface area (Å²) in [5, 5.41) is 10.4. The molecule has 1 aromatic rings. The van der Waals surface area contributed by atoms with Gasteiger partial charge in [0.05, 0.1) is 0 Å². The second-order valence-corrected chi connectivity index (χ2v) is 4.65. The number of rotatable bonds is 6. The fourth-order valence-corrected chi connectivity index (χ4v) is 2.06. The Labute approximate surface area is 93.9 Å². The molecule has 0 unspecified atom stereocenters. The highest BCUT2D eigenvalue weighted by molar-refractivity contribution is 7.07. The molecule has 0 aliphatic heterocycles. The Morgan fingerprint density at radius 2 is 2.33 bits per heavy atom. The van der Waals surface area contributed by atoms with Crippen molar-refractivity contribution in [3.63, 3.8) is 0 Å². The maximum absolute atomic E-state index is 11.3. The van der Waals surface area contributed by atoms with Gasteiger partial charge in [0, 0.05) is 25.6 Å². The van der Waals surface area contributed by atoms with Crippen LogP contribution in [-0.4, -0.2) is 19.0 Å². The summed E-state index contributed by atoms with van der Waals surface area (Å²) in [6.07, 6.45) is 2.16. The first kappa shape index (κ1) is 10.6. The van der Waals surface area contributed by atoms with Crippen molar-refractivity contribution >= 4 is 17.2 Å². The Morgan fingerprint density at radius 1 is 1.47 bits per heavy atom. The van der Waals surface area contributed by atoms with Gasteiger partial charge in [-0.05, 0) is 35.2 Å². The standard InChI is InChI=1S/C11H16N2OS/c14-11(10-1-2-10)13-5-4-12-7-9-3-6-15-8-9/h3,6,8,10,12H,1-2,4-5,7H2,(H,13,14). The van der Waals surface area contributed by atoms with Crippen molar-refractivity contribution in [3.8, 4) is 0 Å². The molecular formula is C11H16N2OS. The summed E-state index contributed by atoms with van der Waals surface area (Å²) in [5.41, 5.74) is 1.31. The zero-order valence-electron chi connectivity index (χ0n) is 8.66. The van der Waals surface area contributed by atoms with Crippen LogP contribution in [0.3, 0.4) is 0 Å². The summed E-state index contributed by atoms with van der Waals surface area (Å²) in [6.45, 7) is 2.47. The van der Waals surface area contributed by atoms with Gasteiger partial charge in [-0.25, -0.2) is 0 Å². The zero-order valence-corrected chi connectivity index (χ0v) is 9.48. The third kappa shape index (κ3) is 3.64. The van der Waals surface area contributed by atoms with Crippen LogP contribution in [0.5, 0.6) is 0 Å². The van der Waals surface area contributed by atoms with Gasteiger partial charge in [0.2, 0.25) is 5.91 Å². The van der Waals surface area contributed by atoms with Crippen LogP contribution in [0.1, 0.15) is 18.4 Å². The highest BCUT2D eigenvalue weighted by atomic mass is 32.1. The minimum Gasteiger partial charge on any atom is -0.355 e. The monoisotopic (exact) mass is 224 g/mol. The summed E-state index contributed by atoms with van der Waals surface area (Å²) < 4.78 is 0. The van der Waals surface area contributed by atoms with Gasteiger partial charge in [0.15, 0.2) is 0 Å². The lowest BCUT2D eigenvalue weighted by Crippen LogP contribution is -2.32. The average molecular weight is 224 g/mol. The SMILES string of the molecule is O=C(NCCNCc1ccsc1)C1CC1. The smallest absolute Gasteiger partial charge is 0.223 e. The zero-order chi connectivity index (χ0) is 10.5. The number of nitrogens with one attached hydrogen (secondary N) is 2. The molecule has 0 radical (unpaired) electrons. The predicted octanol–water partition coefficient (Wildman–Crippen LogP) is 1.36. The maximum atomic E-state index is 11.3. The Bertz CT molecular complexity index is 306. The van der Waals surface area contributed by atoms with Crippen molar-refractivity contribution in [1.82, 2.24) is 10.6 Å². The fraction of sp³-hybridized carbons (Fsp3) is 0.545. The first-order valence-corrected chi connectivity index (χ1v) is 6.30. The van der Waals surface area contributed by atoms with Crippen LogP contribution in [0.4, 0.5) is 0 Å². The van der Waals surface area contributed by atoms with Crippen molar-refractivity contribution in [3.05, 3.63) is 22.4 Å². The van der Waals surface area contributed by atoms with Gasteiger partial charge in [-0.1, -0.05) is 0 Å². The summed E-state index contributed by atoms with van der Waals surface area (Å²) in [4.78, 5) is 11.3. The number of hydrogen-bond donors (Lipinski definition) is 2. The van der Waals surface area contributed by atoms with Gasteiger partial charge in [-0.2, -0.15) is 11.3 Å². The normalized spacial score (nSPS) is 15.2. The highest BCUT2D eigenvalue weighted by Crippen LogP contribution is 2.28. The third-order valence-electron chi connectivity index (χ3n) is 2.46. The molecule has 2 N–H and O–H groups in total. The number of carbonyl (C=O) groups excluding carboxylic acids is 1. The number of hydrogen-bond acceptors (Lipinski definition) is 3. The fourth-order valence-electron chi connectivity index (χ4n) is 1.39. The minimum absolute atomic E-state index is 0.229. The van der Waals surface area contributed by atoms with Crippen molar-refractivity contribution in [2.45, 2.75) is 19.4 Å². The maximum Gasteiger partial charge on any atom is 0.223 e. The van der Waals surface area contributed by atoms with Crippen LogP contribution in [0.15, 0.2) is 16.8 Å². The van der Waals surface area contributed by atoms with Gasteiger partial charge in [0.1, 0.15) is 0 Å². The molecule has 1 aliphatic rings. The van der Waals surface area contributed by atoms with Crippen molar-refractivity contribution in [1.29, 1.82) is 0 Å². The molecule has 1 aliphatic carbocycles. The Morgan fingerprint density at radius 3 is 3.00 bits per heavy atom. The molecule has 2 rings (SSSR count). The molecule has 0 atom stereocenters. The molecule has 0 saturated heterocycles. The molecule has 4 heteroatoms. The quantitative estimate of drug-likeness (QED) is 0.716. The molecule has 0 spiro atoms. The Hall–Kier alpha value is -0.870. The lowest BCUT2D eigenvalue weighted by Gasteiger charge is -2.05. The average Bonchev–Trinajstić information content (AvgIpc) is 2.97. The van der Waals surface area contributed by atoms with E-state index in [0.29, 0.717) is 5.92 Å². The van der Waals surface area contributed by atoms with Crippen LogP contribution in [0.2, 0.25) is 0 Å². The summed E-state index contributed by atoms with van der Waals surface area (Å²) in [5.74, 6) is 0.550. The minimum atomic E-state index is 0.229. The van der Waals surface area contributed by atoms with E-state index >= 15 is 0 Å². The van der Waals surface area contributed by atoms with Gasteiger partial charge >= 0.3 is 0 Å². The number of thiophene rings is 1. The second kappa shape index (κ2) is 5.28. The summed E-state index contributed by atoms with van der Waals surface area (Å²) >= 11 is 1.71. The predicted molar refractivity (Wildman–Crippen MR) is 61.8 cm³/mol. The topological polar surface area (TPSA) is 41.1 Å². The lowest BCUT2D eigenvalue weighted by atomic mass is 10.3. The van der Waals surface area contributed by atoms with E-state index in [1.54, 1.807) is 11.3 Å². The molecule has 1 aromatic heterocycles. The molecule has 1 amide bonds. The first-order valence-electron chi connectivity index (χ1n) is 5.36. The van der Waals surface area contributed by atoms with Gasteiger partial charge in [-0.3, -0.25) is 4.79 Å². The number of amides is 1. The van der Waals surface area contributed by atoms with E-state index in [2.05, 4.69) is 27.5 Å². The van der Waals surface area contributed by atoms with E-state index in [9.17, 15) is 4.79 Å². The molecule has 0 aromatic carbocycles. The molecule has 82 valence electrons. The third-order valence-corrected chi connectivity index (χ3v) is 3.19. The Balaban J connectivity index is 1.50. The summed E-state index contributed by atoms with van der Waals surface area (Å²) in [7, 11) is 0. The first-order chi connectivity index (χ1) is 7.36. The Kier molecular flexibility index (Phi) is 3.75. The van der Waals surface area contributed by atoms with Gasteiger partial charge in [-0.15, -0.1) is 0 Å². The molecule has 1 heterocycles. The van der Waals surface area contributed by atoms with Crippen LogP contribution < -0.4 is 10.6 Å². The number of carbonyl (C=O) groups is 1. The van der Waals surface area contributed by atoms with Crippen LogP contribution in [0.25, 0.3) is 0 Å². The van der Waals surface area contributed by atoms with E-state index in [0.717, 1.165) is 32.5 Å². The van der Waals surface area contributed by atoms with E-state index in [1.165, 1.54) is 5.56 Å². The van der Waals surface area contributed by atoms with E-state index in [4.69, 9.17) is 0 Å². The lowest BCUT2D eigenvalue weighted by molar-refractivity contribution is -0.122. The molecular weight excluding hydrogens is 208 g/mol. The van der Waals surface area contributed by atoms with Crippen molar-refractivity contribution < 1.29 is 4.79 Å². The van der Waals surface area contributed by atoms with Gasteiger partial charge in [0.25, 0.3) is 0 Å². The molecule has 1 saturated carbocycles. The van der Waals surface area contributed by atoms with Crippen molar-refractivity contribution in [2.24, 2.45) is 5.92 Å². The van der Waals surface area contributed by atoms with Gasteiger partial charge < -0.3 is 10.6 Å². The highest BCUT2D eigenvalue weighted by Gasteiger charge is 2.28. The van der Waals surface area contributed by atoms with Crippen LogP contribution in [0, 0.1) is 5.92 Å². The van der Waals surface area contributed by atoms with Crippen molar-refractivity contribution in [2.75, 3.05) is 13.1 Å². The molecule has 0 bridgehead atoms. The van der Waals surface area contributed by atoms with Crippen LogP contribution >= 0.6 is 11.3 Å². The molecule has 1 fully saturated rings. The molecule has 3 nitrogen and oxygen atoms in total. The second-order valence-electron chi connectivity index (χ2n) is 3.87. The van der Waals surface area contributed by atoms with Crippen LogP contribution in [-0.2, 0) is 11.3 Å². The molecule has 15 heavy (non-hydrogen) atoms. The largest absolute Gasteiger partial charge is 0.355 e. The summed E-state index contributed by atoms with van der Waals surface area (Å²) in [6, 6.07) is 2.11. The van der Waals surface area contributed by atoms with E-state index < -0.39 is 0 Å².